The second-order valence-corrected chi connectivity index (χ2v) is 4.16. The monoisotopic (exact) mass is 253 g/mol. The second-order valence-electron chi connectivity index (χ2n) is 3.78. The summed E-state index contributed by atoms with van der Waals surface area (Å²) in [6.45, 7) is 0. The standard InChI is InChI=1S/C12H13ClFN3/c1-15-12(10-6-7-17(2)16-10)8-4-3-5-9(14)11(8)13/h3-7,12,15H,1-2H3. The molecule has 0 fully saturated rings. The van der Waals surface area contributed by atoms with Gasteiger partial charge in [-0.05, 0) is 24.7 Å². The third-order valence-corrected chi connectivity index (χ3v) is 3.01. The second kappa shape index (κ2) is 4.85. The molecule has 1 heterocycles. The summed E-state index contributed by atoms with van der Waals surface area (Å²) in [5.41, 5.74) is 1.50. The minimum Gasteiger partial charge on any atom is -0.308 e. The third kappa shape index (κ3) is 2.33. The van der Waals surface area contributed by atoms with Gasteiger partial charge >= 0.3 is 0 Å². The van der Waals surface area contributed by atoms with Crippen molar-refractivity contribution in [2.45, 2.75) is 6.04 Å². The van der Waals surface area contributed by atoms with Crippen molar-refractivity contribution in [2.24, 2.45) is 7.05 Å². The molecule has 3 nitrogen and oxygen atoms in total. The average molecular weight is 254 g/mol. The number of hydrogen-bond acceptors (Lipinski definition) is 2. The molecule has 0 saturated heterocycles. The number of aryl methyl sites for hydroxylation is 1. The Balaban J connectivity index is 2.45. The van der Waals surface area contributed by atoms with Gasteiger partial charge in [0.05, 0.1) is 16.8 Å². The van der Waals surface area contributed by atoms with Crippen molar-refractivity contribution in [1.29, 1.82) is 0 Å². The maximum Gasteiger partial charge on any atom is 0.142 e. The molecule has 0 spiro atoms. The third-order valence-electron chi connectivity index (χ3n) is 2.61. The van der Waals surface area contributed by atoms with E-state index in [0.29, 0.717) is 5.56 Å². The van der Waals surface area contributed by atoms with E-state index in [2.05, 4.69) is 10.4 Å². The highest BCUT2D eigenvalue weighted by Gasteiger charge is 2.19. The van der Waals surface area contributed by atoms with Crippen LogP contribution in [0.15, 0.2) is 30.5 Å². The molecular weight excluding hydrogens is 241 g/mol. The van der Waals surface area contributed by atoms with Gasteiger partial charge in [0.2, 0.25) is 0 Å². The summed E-state index contributed by atoms with van der Waals surface area (Å²) in [5.74, 6) is -0.416. The van der Waals surface area contributed by atoms with Gasteiger partial charge in [-0.1, -0.05) is 23.7 Å². The number of rotatable bonds is 3. The van der Waals surface area contributed by atoms with E-state index >= 15 is 0 Å². The lowest BCUT2D eigenvalue weighted by atomic mass is 10.0. The predicted molar refractivity (Wildman–Crippen MR) is 65.5 cm³/mol. The molecule has 0 bridgehead atoms. The molecular formula is C12H13ClFN3. The Hall–Kier alpha value is -1.39. The molecule has 5 heteroatoms. The number of nitrogens with zero attached hydrogens (tertiary/aromatic N) is 2. The Labute approximate surface area is 104 Å². The van der Waals surface area contributed by atoms with Gasteiger partial charge in [0.25, 0.3) is 0 Å². The van der Waals surface area contributed by atoms with Crippen molar-refractivity contribution >= 4 is 11.6 Å². The number of benzene rings is 1. The van der Waals surface area contributed by atoms with E-state index in [9.17, 15) is 4.39 Å². The maximum absolute atomic E-state index is 13.4. The van der Waals surface area contributed by atoms with Crippen molar-refractivity contribution in [3.8, 4) is 0 Å². The first-order chi connectivity index (χ1) is 8.13. The first-order valence-corrected chi connectivity index (χ1v) is 5.62. The summed E-state index contributed by atoms with van der Waals surface area (Å²) >= 11 is 5.97. The van der Waals surface area contributed by atoms with Gasteiger partial charge in [0.15, 0.2) is 0 Å². The van der Waals surface area contributed by atoms with Crippen LogP contribution in [0.4, 0.5) is 4.39 Å². The zero-order chi connectivity index (χ0) is 12.4. The van der Waals surface area contributed by atoms with E-state index in [1.165, 1.54) is 6.07 Å². The Bertz CT molecular complexity index is 524. The highest BCUT2D eigenvalue weighted by Crippen LogP contribution is 2.28. The highest BCUT2D eigenvalue weighted by atomic mass is 35.5. The van der Waals surface area contributed by atoms with Crippen molar-refractivity contribution in [2.75, 3.05) is 7.05 Å². The van der Waals surface area contributed by atoms with Crippen LogP contribution < -0.4 is 5.32 Å². The van der Waals surface area contributed by atoms with Crippen LogP contribution in [0.2, 0.25) is 5.02 Å². The lowest BCUT2D eigenvalue weighted by Crippen LogP contribution is -2.19. The van der Waals surface area contributed by atoms with Crippen LogP contribution in [0, 0.1) is 5.82 Å². The summed E-state index contributed by atoms with van der Waals surface area (Å²) in [6.07, 6.45) is 1.84. The predicted octanol–water partition coefficient (Wildman–Crippen LogP) is 2.52. The molecule has 1 N–H and O–H groups in total. The number of aromatic nitrogens is 2. The Morgan fingerprint density at radius 2 is 2.18 bits per heavy atom. The Kier molecular flexibility index (Phi) is 3.45. The molecule has 0 aliphatic rings. The zero-order valence-corrected chi connectivity index (χ0v) is 10.4. The van der Waals surface area contributed by atoms with Gasteiger partial charge in [-0.15, -0.1) is 0 Å². The van der Waals surface area contributed by atoms with Crippen LogP contribution in [-0.4, -0.2) is 16.8 Å². The molecule has 0 aliphatic heterocycles. The van der Waals surface area contributed by atoms with Crippen LogP contribution in [0.5, 0.6) is 0 Å². The van der Waals surface area contributed by atoms with E-state index in [0.717, 1.165) is 5.69 Å². The largest absolute Gasteiger partial charge is 0.308 e. The topological polar surface area (TPSA) is 29.9 Å². The fraction of sp³-hybridized carbons (Fsp3) is 0.250. The maximum atomic E-state index is 13.4. The fourth-order valence-corrected chi connectivity index (χ4v) is 2.03. The number of halogens is 2. The molecule has 1 aromatic heterocycles. The molecule has 0 amide bonds. The van der Waals surface area contributed by atoms with Crippen molar-refractivity contribution < 1.29 is 4.39 Å². The van der Waals surface area contributed by atoms with Crippen molar-refractivity contribution in [3.63, 3.8) is 0 Å². The zero-order valence-electron chi connectivity index (χ0n) is 9.61. The van der Waals surface area contributed by atoms with Crippen molar-refractivity contribution in [3.05, 3.63) is 52.6 Å². The van der Waals surface area contributed by atoms with E-state index in [1.807, 2.05) is 19.3 Å². The van der Waals surface area contributed by atoms with E-state index in [4.69, 9.17) is 11.6 Å². The summed E-state index contributed by atoms with van der Waals surface area (Å²) < 4.78 is 15.1. The molecule has 0 aliphatic carbocycles. The average Bonchev–Trinajstić information content (AvgIpc) is 2.72. The molecule has 2 aromatic rings. The molecule has 17 heavy (non-hydrogen) atoms. The number of nitrogens with one attached hydrogen (secondary N) is 1. The molecule has 1 aromatic carbocycles. The van der Waals surface area contributed by atoms with Gasteiger partial charge in [-0.3, -0.25) is 4.68 Å². The lowest BCUT2D eigenvalue weighted by molar-refractivity contribution is 0.609. The normalized spacial score (nSPS) is 12.7. The Morgan fingerprint density at radius 3 is 2.76 bits per heavy atom. The molecule has 90 valence electrons. The molecule has 2 rings (SSSR count). The molecule has 0 radical (unpaired) electrons. The minimum absolute atomic E-state index is 0.137. The smallest absolute Gasteiger partial charge is 0.142 e. The minimum atomic E-state index is -0.416. The van der Waals surface area contributed by atoms with Crippen LogP contribution in [-0.2, 0) is 7.05 Å². The SMILES string of the molecule is CNC(c1ccn(C)n1)c1cccc(F)c1Cl. The van der Waals surface area contributed by atoms with Crippen molar-refractivity contribution in [1.82, 2.24) is 15.1 Å². The molecule has 1 unspecified atom stereocenters. The van der Waals surface area contributed by atoms with Gasteiger partial charge in [-0.2, -0.15) is 5.10 Å². The van der Waals surface area contributed by atoms with Crippen LogP contribution in [0.1, 0.15) is 17.3 Å². The van der Waals surface area contributed by atoms with E-state index < -0.39 is 5.82 Å². The van der Waals surface area contributed by atoms with Gasteiger partial charge in [0, 0.05) is 13.2 Å². The van der Waals surface area contributed by atoms with E-state index in [-0.39, 0.29) is 11.1 Å². The van der Waals surface area contributed by atoms with E-state index in [1.54, 1.807) is 23.9 Å². The number of hydrogen-bond donors (Lipinski definition) is 1. The highest BCUT2D eigenvalue weighted by molar-refractivity contribution is 6.31. The van der Waals surface area contributed by atoms with Gasteiger partial charge in [0.1, 0.15) is 5.82 Å². The molecule has 1 atom stereocenters. The van der Waals surface area contributed by atoms with Crippen LogP contribution >= 0.6 is 11.6 Å². The lowest BCUT2D eigenvalue weighted by Gasteiger charge is -2.16. The van der Waals surface area contributed by atoms with Gasteiger partial charge in [-0.25, -0.2) is 4.39 Å². The Morgan fingerprint density at radius 1 is 1.41 bits per heavy atom. The van der Waals surface area contributed by atoms with Crippen LogP contribution in [0.25, 0.3) is 0 Å². The quantitative estimate of drug-likeness (QED) is 0.911. The van der Waals surface area contributed by atoms with Gasteiger partial charge < -0.3 is 5.32 Å². The summed E-state index contributed by atoms with van der Waals surface area (Å²) in [4.78, 5) is 0. The summed E-state index contributed by atoms with van der Waals surface area (Å²) in [6, 6.07) is 6.45. The molecule has 0 saturated carbocycles. The summed E-state index contributed by atoms with van der Waals surface area (Å²) in [5, 5.41) is 7.53. The first-order valence-electron chi connectivity index (χ1n) is 5.24. The summed E-state index contributed by atoms with van der Waals surface area (Å²) in [7, 11) is 3.63. The fourth-order valence-electron chi connectivity index (χ4n) is 1.79. The van der Waals surface area contributed by atoms with Crippen LogP contribution in [0.3, 0.4) is 0 Å². The first kappa shape index (κ1) is 12.1.